The Labute approximate surface area is 206 Å². The van der Waals surface area contributed by atoms with Crippen LogP contribution in [0.15, 0.2) is 0 Å². The normalized spacial score (nSPS) is 12.3. The zero-order valence-electron chi connectivity index (χ0n) is 22.2. The second-order valence-corrected chi connectivity index (χ2v) is 13.8. The molecule has 0 saturated carbocycles. The maximum atomic E-state index is 11.4. The highest BCUT2D eigenvalue weighted by atomic mass is 28.4. The molecule has 0 spiro atoms. The number of ether oxygens (including phenoxy) is 8. The Hall–Kier alpha value is -0.633. The highest BCUT2D eigenvalue weighted by Crippen LogP contribution is 2.06. The minimum Gasteiger partial charge on any atom is -0.458 e. The molecule has 34 heavy (non-hydrogen) atoms. The zero-order chi connectivity index (χ0) is 25.5. The largest absolute Gasteiger partial charge is 0.458 e. The molecular formula is C23H48O10Si. The fraction of sp³-hybridized carbons (Fsp3) is 0.957. The Kier molecular flexibility index (Phi) is 21.2. The van der Waals surface area contributed by atoms with Crippen LogP contribution >= 0.6 is 0 Å². The number of carbonyl (C=O) groups excluding carboxylic acids is 1. The van der Waals surface area contributed by atoms with Crippen LogP contribution in [0.5, 0.6) is 0 Å². The molecule has 0 aliphatic carbocycles. The zero-order valence-corrected chi connectivity index (χ0v) is 23.2. The van der Waals surface area contributed by atoms with Gasteiger partial charge >= 0.3 is 5.97 Å². The summed E-state index contributed by atoms with van der Waals surface area (Å²) >= 11 is 0. The summed E-state index contributed by atoms with van der Waals surface area (Å²) in [6.07, 6.45) is 0. The molecule has 0 aliphatic rings. The van der Waals surface area contributed by atoms with Gasteiger partial charge in [-0.15, -0.1) is 0 Å². The first-order chi connectivity index (χ1) is 16.1. The van der Waals surface area contributed by atoms with Gasteiger partial charge < -0.3 is 42.3 Å². The molecule has 0 aromatic heterocycles. The van der Waals surface area contributed by atoms with Crippen LogP contribution in [0.4, 0.5) is 0 Å². The third-order valence-corrected chi connectivity index (χ3v) is 4.70. The van der Waals surface area contributed by atoms with Crippen LogP contribution in [0.3, 0.4) is 0 Å². The third-order valence-electron chi connectivity index (χ3n) is 3.63. The molecular weight excluding hydrogens is 464 g/mol. The first kappa shape index (κ1) is 33.4. The van der Waals surface area contributed by atoms with Crippen LogP contribution in [0.1, 0.15) is 20.8 Å². The Morgan fingerprint density at radius 2 is 0.824 bits per heavy atom. The summed E-state index contributed by atoms with van der Waals surface area (Å²) in [5, 5.41) is 0. The number of rotatable bonds is 24. The van der Waals surface area contributed by atoms with E-state index in [9.17, 15) is 4.79 Å². The van der Waals surface area contributed by atoms with Crippen molar-refractivity contribution >= 4 is 14.3 Å². The SMILES string of the molecule is CC(C)(C)OC(=O)COCCOCCOCCOCCOCCOCCOCCO[Si](C)(C)C. The van der Waals surface area contributed by atoms with Crippen molar-refractivity contribution in [2.75, 3.05) is 99.1 Å². The summed E-state index contributed by atoms with van der Waals surface area (Å²) < 4.78 is 48.6. The average molecular weight is 513 g/mol. The first-order valence-electron chi connectivity index (χ1n) is 12.0. The summed E-state index contributed by atoms with van der Waals surface area (Å²) in [6, 6.07) is 0. The minimum absolute atomic E-state index is 0.0741. The van der Waals surface area contributed by atoms with Gasteiger partial charge in [-0.3, -0.25) is 0 Å². The molecule has 0 aliphatic heterocycles. The van der Waals surface area contributed by atoms with Gasteiger partial charge in [-0.1, -0.05) is 0 Å². The van der Waals surface area contributed by atoms with Crippen LogP contribution in [0.2, 0.25) is 19.6 Å². The molecule has 0 radical (unpaired) electrons. The smallest absolute Gasteiger partial charge is 0.332 e. The minimum atomic E-state index is -1.45. The molecule has 0 rings (SSSR count). The lowest BCUT2D eigenvalue weighted by Crippen LogP contribution is -2.27. The lowest BCUT2D eigenvalue weighted by molar-refractivity contribution is -0.160. The highest BCUT2D eigenvalue weighted by molar-refractivity contribution is 6.69. The Morgan fingerprint density at radius 3 is 1.12 bits per heavy atom. The predicted molar refractivity (Wildman–Crippen MR) is 131 cm³/mol. The Balaban J connectivity index is 3.13. The molecule has 0 aromatic rings. The molecule has 0 heterocycles. The van der Waals surface area contributed by atoms with Crippen LogP contribution in [0.25, 0.3) is 0 Å². The lowest BCUT2D eigenvalue weighted by Gasteiger charge is -2.19. The number of esters is 1. The van der Waals surface area contributed by atoms with E-state index in [0.717, 1.165) is 0 Å². The van der Waals surface area contributed by atoms with E-state index in [2.05, 4.69) is 19.6 Å². The van der Waals surface area contributed by atoms with Gasteiger partial charge in [0.1, 0.15) is 12.2 Å². The van der Waals surface area contributed by atoms with Gasteiger partial charge in [0, 0.05) is 0 Å². The van der Waals surface area contributed by atoms with Crippen LogP contribution < -0.4 is 0 Å². The summed E-state index contributed by atoms with van der Waals surface area (Å²) in [7, 11) is -1.45. The summed E-state index contributed by atoms with van der Waals surface area (Å²) in [4.78, 5) is 11.4. The van der Waals surface area contributed by atoms with Gasteiger partial charge in [-0.2, -0.15) is 0 Å². The van der Waals surface area contributed by atoms with E-state index in [1.165, 1.54) is 0 Å². The Bertz CT molecular complexity index is 466. The third kappa shape index (κ3) is 29.4. The van der Waals surface area contributed by atoms with Crippen molar-refractivity contribution < 1.29 is 47.1 Å². The van der Waals surface area contributed by atoms with Gasteiger partial charge in [0.15, 0.2) is 8.32 Å². The summed E-state index contributed by atoms with van der Waals surface area (Å²) in [5.41, 5.74) is -0.501. The van der Waals surface area contributed by atoms with Gasteiger partial charge in [0.2, 0.25) is 0 Å². The van der Waals surface area contributed by atoms with Crippen LogP contribution in [-0.4, -0.2) is 119 Å². The monoisotopic (exact) mass is 512 g/mol. The van der Waals surface area contributed by atoms with E-state index in [0.29, 0.717) is 92.5 Å². The van der Waals surface area contributed by atoms with E-state index in [1.54, 1.807) is 0 Å². The molecule has 0 atom stereocenters. The highest BCUT2D eigenvalue weighted by Gasteiger charge is 2.16. The van der Waals surface area contributed by atoms with Gasteiger partial charge in [0.25, 0.3) is 0 Å². The second kappa shape index (κ2) is 21.6. The van der Waals surface area contributed by atoms with E-state index in [1.807, 2.05) is 20.8 Å². The average Bonchev–Trinajstić information content (AvgIpc) is 2.72. The van der Waals surface area contributed by atoms with Crippen molar-refractivity contribution in [3.63, 3.8) is 0 Å². The molecule has 0 unspecified atom stereocenters. The van der Waals surface area contributed by atoms with E-state index in [4.69, 9.17) is 42.3 Å². The first-order valence-corrected chi connectivity index (χ1v) is 15.4. The molecule has 204 valence electrons. The topological polar surface area (TPSA) is 100 Å². The number of carbonyl (C=O) groups is 1. The van der Waals surface area contributed by atoms with E-state index >= 15 is 0 Å². The molecule has 0 bridgehead atoms. The summed E-state index contributed by atoms with van der Waals surface area (Å²) in [6.45, 7) is 18.9. The molecule has 0 fully saturated rings. The molecule has 0 amide bonds. The van der Waals surface area contributed by atoms with Crippen LogP contribution in [0, 0.1) is 0 Å². The van der Waals surface area contributed by atoms with Gasteiger partial charge in [-0.05, 0) is 40.4 Å². The maximum Gasteiger partial charge on any atom is 0.332 e. The lowest BCUT2D eigenvalue weighted by atomic mass is 10.2. The van der Waals surface area contributed by atoms with Crippen molar-refractivity contribution in [3.8, 4) is 0 Å². The number of hydrogen-bond acceptors (Lipinski definition) is 10. The van der Waals surface area contributed by atoms with E-state index < -0.39 is 13.9 Å². The quantitative estimate of drug-likeness (QED) is 0.109. The fourth-order valence-corrected chi connectivity index (χ4v) is 2.95. The fourth-order valence-electron chi connectivity index (χ4n) is 2.25. The molecule has 10 nitrogen and oxygen atoms in total. The molecule has 0 saturated heterocycles. The van der Waals surface area contributed by atoms with Crippen molar-refractivity contribution in [2.45, 2.75) is 46.0 Å². The number of hydrogen-bond donors (Lipinski definition) is 0. The van der Waals surface area contributed by atoms with Crippen molar-refractivity contribution in [1.82, 2.24) is 0 Å². The molecule has 0 N–H and O–H groups in total. The van der Waals surface area contributed by atoms with E-state index in [-0.39, 0.29) is 12.6 Å². The standard InChI is InChI=1S/C23H48O10Si/c1-23(2,3)33-22(24)21-31-18-17-29-14-13-27-10-9-25-7-8-26-11-12-28-15-16-30-19-20-32-34(4,5)6/h7-21H2,1-6H3. The van der Waals surface area contributed by atoms with Crippen molar-refractivity contribution in [2.24, 2.45) is 0 Å². The van der Waals surface area contributed by atoms with Crippen molar-refractivity contribution in [1.29, 1.82) is 0 Å². The van der Waals surface area contributed by atoms with Gasteiger partial charge in [0.05, 0.1) is 92.5 Å². The van der Waals surface area contributed by atoms with Crippen LogP contribution in [-0.2, 0) is 47.1 Å². The molecule has 11 heteroatoms. The van der Waals surface area contributed by atoms with Crippen molar-refractivity contribution in [3.05, 3.63) is 0 Å². The maximum absolute atomic E-state index is 11.4. The predicted octanol–water partition coefficient (Wildman–Crippen LogP) is 2.30. The Morgan fingerprint density at radius 1 is 0.529 bits per heavy atom. The van der Waals surface area contributed by atoms with Gasteiger partial charge in [-0.25, -0.2) is 4.79 Å². The second-order valence-electron chi connectivity index (χ2n) is 9.27. The summed E-state index contributed by atoms with van der Waals surface area (Å²) in [5.74, 6) is -0.380. The molecule has 0 aromatic carbocycles.